The molecule has 0 saturated carbocycles. The lowest BCUT2D eigenvalue weighted by Crippen LogP contribution is -2.07. The van der Waals surface area contributed by atoms with Crippen molar-refractivity contribution in [3.63, 3.8) is 0 Å². The summed E-state index contributed by atoms with van der Waals surface area (Å²) in [5.74, 6) is 2.73. The van der Waals surface area contributed by atoms with Gasteiger partial charge in [0.05, 0.1) is 44.3 Å². The van der Waals surface area contributed by atoms with Crippen molar-refractivity contribution < 1.29 is 14.2 Å². The second-order valence-corrected chi connectivity index (χ2v) is 7.04. The number of anilines is 1. The van der Waals surface area contributed by atoms with Gasteiger partial charge in [-0.05, 0) is 55.7 Å². The molecule has 1 aliphatic heterocycles. The summed E-state index contributed by atoms with van der Waals surface area (Å²) in [4.78, 5) is 0. The van der Waals surface area contributed by atoms with Crippen LogP contribution < -0.4 is 19.5 Å². The van der Waals surface area contributed by atoms with Gasteiger partial charge in [-0.2, -0.15) is 10.4 Å². The standard InChI is InChI=1S/C23H24N4O3/c1-28-19-12-16(13-20(29-2)22(19)30-3)21-18-6-4-5-11-25-23(18)27(26-21)17-9-7-15(14-24)8-10-17/h7-10,12-13,25H,4-6,11H2,1-3H3. The van der Waals surface area contributed by atoms with Crippen molar-refractivity contribution >= 4 is 5.82 Å². The number of methoxy groups -OCH3 is 3. The average molecular weight is 404 g/mol. The van der Waals surface area contributed by atoms with Crippen LogP contribution in [0, 0.1) is 11.3 Å². The van der Waals surface area contributed by atoms with E-state index in [2.05, 4.69) is 11.4 Å². The topological polar surface area (TPSA) is 81.3 Å². The van der Waals surface area contributed by atoms with Crippen molar-refractivity contribution in [2.24, 2.45) is 0 Å². The van der Waals surface area contributed by atoms with E-state index >= 15 is 0 Å². The quantitative estimate of drug-likeness (QED) is 0.687. The Morgan fingerprint density at radius 3 is 2.30 bits per heavy atom. The first-order valence-electron chi connectivity index (χ1n) is 9.86. The summed E-state index contributed by atoms with van der Waals surface area (Å²) in [7, 11) is 4.81. The van der Waals surface area contributed by atoms with Gasteiger partial charge in [-0.25, -0.2) is 4.68 Å². The van der Waals surface area contributed by atoms with Crippen LogP contribution in [0.3, 0.4) is 0 Å². The minimum atomic E-state index is 0.555. The summed E-state index contributed by atoms with van der Waals surface area (Å²) < 4.78 is 18.5. The molecule has 0 amide bonds. The number of hydrogen-bond acceptors (Lipinski definition) is 6. The molecule has 1 aliphatic rings. The maximum Gasteiger partial charge on any atom is 0.203 e. The van der Waals surface area contributed by atoms with Crippen LogP contribution in [-0.2, 0) is 6.42 Å². The highest BCUT2D eigenvalue weighted by molar-refractivity contribution is 5.75. The third kappa shape index (κ3) is 3.41. The summed E-state index contributed by atoms with van der Waals surface area (Å²) >= 11 is 0. The molecule has 0 fully saturated rings. The Balaban J connectivity index is 1.90. The normalized spacial score (nSPS) is 12.9. The lowest BCUT2D eigenvalue weighted by Gasteiger charge is -2.14. The lowest BCUT2D eigenvalue weighted by molar-refractivity contribution is 0.324. The first kappa shape index (κ1) is 19.6. The van der Waals surface area contributed by atoms with Gasteiger partial charge < -0.3 is 19.5 Å². The van der Waals surface area contributed by atoms with Crippen LogP contribution in [0.2, 0.25) is 0 Å². The van der Waals surface area contributed by atoms with Gasteiger partial charge in [-0.1, -0.05) is 0 Å². The van der Waals surface area contributed by atoms with Crippen LogP contribution in [-0.4, -0.2) is 37.7 Å². The molecule has 30 heavy (non-hydrogen) atoms. The number of nitrogens with one attached hydrogen (secondary N) is 1. The Hall–Kier alpha value is -3.66. The highest BCUT2D eigenvalue weighted by atomic mass is 16.5. The highest BCUT2D eigenvalue weighted by Crippen LogP contribution is 2.43. The molecule has 7 heteroatoms. The first-order valence-corrected chi connectivity index (χ1v) is 9.86. The van der Waals surface area contributed by atoms with Gasteiger partial charge in [0, 0.05) is 17.7 Å². The maximum atomic E-state index is 9.10. The second-order valence-electron chi connectivity index (χ2n) is 7.04. The molecule has 0 unspecified atom stereocenters. The molecule has 2 heterocycles. The van der Waals surface area contributed by atoms with E-state index in [0.29, 0.717) is 22.8 Å². The third-order valence-corrected chi connectivity index (χ3v) is 5.31. The van der Waals surface area contributed by atoms with E-state index in [9.17, 15) is 0 Å². The van der Waals surface area contributed by atoms with Crippen LogP contribution >= 0.6 is 0 Å². The minimum absolute atomic E-state index is 0.555. The zero-order valence-electron chi connectivity index (χ0n) is 17.4. The molecule has 1 N–H and O–H groups in total. The fraction of sp³-hybridized carbons (Fsp3) is 0.304. The van der Waals surface area contributed by atoms with E-state index in [4.69, 9.17) is 24.6 Å². The van der Waals surface area contributed by atoms with Crippen LogP contribution in [0.25, 0.3) is 16.9 Å². The number of fused-ring (bicyclic) bond motifs is 1. The molecule has 2 aromatic carbocycles. The van der Waals surface area contributed by atoms with Crippen LogP contribution in [0.4, 0.5) is 5.82 Å². The summed E-state index contributed by atoms with van der Waals surface area (Å²) in [5, 5.41) is 17.6. The Bertz CT molecular complexity index is 1070. The fourth-order valence-electron chi connectivity index (χ4n) is 3.82. The van der Waals surface area contributed by atoms with Crippen molar-refractivity contribution in [2.75, 3.05) is 33.2 Å². The number of rotatable bonds is 5. The number of hydrogen-bond donors (Lipinski definition) is 1. The van der Waals surface area contributed by atoms with Crippen LogP contribution in [0.15, 0.2) is 36.4 Å². The van der Waals surface area contributed by atoms with Gasteiger partial charge >= 0.3 is 0 Å². The smallest absolute Gasteiger partial charge is 0.203 e. The monoisotopic (exact) mass is 404 g/mol. The van der Waals surface area contributed by atoms with E-state index < -0.39 is 0 Å². The summed E-state index contributed by atoms with van der Waals surface area (Å²) in [6.07, 6.45) is 3.10. The zero-order chi connectivity index (χ0) is 21.1. The average Bonchev–Trinajstić information content (AvgIpc) is 2.98. The Morgan fingerprint density at radius 2 is 1.70 bits per heavy atom. The van der Waals surface area contributed by atoms with Crippen molar-refractivity contribution in [1.29, 1.82) is 5.26 Å². The first-order chi connectivity index (χ1) is 14.7. The van der Waals surface area contributed by atoms with Crippen LogP contribution in [0.5, 0.6) is 17.2 Å². The molecule has 0 spiro atoms. The van der Waals surface area contributed by atoms with Crippen LogP contribution in [0.1, 0.15) is 24.0 Å². The van der Waals surface area contributed by atoms with Crippen molar-refractivity contribution in [3.8, 4) is 40.3 Å². The van der Waals surface area contributed by atoms with E-state index in [1.165, 1.54) is 0 Å². The van der Waals surface area contributed by atoms with Gasteiger partial charge in [-0.3, -0.25) is 0 Å². The Morgan fingerprint density at radius 1 is 1.00 bits per heavy atom. The van der Waals surface area contributed by atoms with Gasteiger partial charge in [-0.15, -0.1) is 0 Å². The maximum absolute atomic E-state index is 9.10. The van der Waals surface area contributed by atoms with E-state index in [1.54, 1.807) is 33.5 Å². The van der Waals surface area contributed by atoms with E-state index in [0.717, 1.165) is 54.1 Å². The molecular formula is C23H24N4O3. The third-order valence-electron chi connectivity index (χ3n) is 5.31. The zero-order valence-corrected chi connectivity index (χ0v) is 17.4. The number of aromatic nitrogens is 2. The minimum Gasteiger partial charge on any atom is -0.493 e. The molecule has 7 nitrogen and oxygen atoms in total. The number of ether oxygens (including phenoxy) is 3. The molecule has 154 valence electrons. The van der Waals surface area contributed by atoms with E-state index in [-0.39, 0.29) is 0 Å². The highest BCUT2D eigenvalue weighted by Gasteiger charge is 2.24. The van der Waals surface area contributed by atoms with Gasteiger partial charge in [0.25, 0.3) is 0 Å². The fourth-order valence-corrected chi connectivity index (χ4v) is 3.82. The molecule has 0 radical (unpaired) electrons. The predicted octanol–water partition coefficient (Wildman–Crippen LogP) is 4.18. The second kappa shape index (κ2) is 8.37. The molecule has 0 atom stereocenters. The molecule has 1 aromatic heterocycles. The molecular weight excluding hydrogens is 380 g/mol. The molecule has 0 saturated heterocycles. The molecule has 4 rings (SSSR count). The van der Waals surface area contributed by atoms with Crippen molar-refractivity contribution in [1.82, 2.24) is 9.78 Å². The predicted molar refractivity (Wildman–Crippen MR) is 115 cm³/mol. The summed E-state index contributed by atoms with van der Waals surface area (Å²) in [6, 6.07) is 13.5. The van der Waals surface area contributed by atoms with Gasteiger partial charge in [0.1, 0.15) is 5.82 Å². The lowest BCUT2D eigenvalue weighted by atomic mass is 10.0. The van der Waals surface area contributed by atoms with Gasteiger partial charge in [0.15, 0.2) is 11.5 Å². The Kier molecular flexibility index (Phi) is 5.48. The number of nitrogens with zero attached hydrogens (tertiary/aromatic N) is 3. The summed E-state index contributed by atoms with van der Waals surface area (Å²) in [5.41, 5.74) is 4.46. The van der Waals surface area contributed by atoms with Gasteiger partial charge in [0.2, 0.25) is 5.75 Å². The molecule has 3 aromatic rings. The van der Waals surface area contributed by atoms with E-state index in [1.807, 2.05) is 28.9 Å². The SMILES string of the molecule is COc1cc(-c2nn(-c3ccc(C#N)cc3)c3c2CCCCN3)cc(OC)c1OC. The molecule has 0 bridgehead atoms. The number of nitriles is 1. The van der Waals surface area contributed by atoms with Crippen molar-refractivity contribution in [3.05, 3.63) is 47.5 Å². The van der Waals surface area contributed by atoms with Crippen molar-refractivity contribution in [2.45, 2.75) is 19.3 Å². The number of benzene rings is 2. The largest absolute Gasteiger partial charge is 0.493 e. The summed E-state index contributed by atoms with van der Waals surface area (Å²) in [6.45, 7) is 0.893. The Labute approximate surface area is 175 Å². The molecule has 0 aliphatic carbocycles.